The van der Waals surface area contributed by atoms with Crippen molar-refractivity contribution in [2.45, 2.75) is 13.0 Å². The Balaban J connectivity index is 1.76. The van der Waals surface area contributed by atoms with Crippen LogP contribution in [0.3, 0.4) is 0 Å². The molecule has 150 valence electrons. The molecule has 0 spiro atoms. The molecule has 0 saturated carbocycles. The number of hydrogen-bond acceptors (Lipinski definition) is 6. The minimum Gasteiger partial charge on any atom is -0.494 e. The first kappa shape index (κ1) is 18.8. The lowest BCUT2D eigenvalue weighted by Crippen LogP contribution is -2.29. The van der Waals surface area contributed by atoms with E-state index in [1.807, 2.05) is 31.2 Å². The van der Waals surface area contributed by atoms with Crippen LogP contribution >= 0.6 is 22.9 Å². The predicted octanol–water partition coefficient (Wildman–Crippen LogP) is 5.05. The fourth-order valence-corrected chi connectivity index (χ4v) is 4.54. The third kappa shape index (κ3) is 2.89. The second kappa shape index (κ2) is 7.27. The number of hydrogen-bond donors (Lipinski definition) is 0. The molecule has 30 heavy (non-hydrogen) atoms. The molecule has 1 aliphatic heterocycles. The SMILES string of the molecule is CCOc1ccc(C2c3c(oc4ccc(Cl)cc4c3=O)C(=O)N2c2nccs2)cc1. The van der Waals surface area contributed by atoms with Crippen molar-refractivity contribution >= 4 is 44.9 Å². The second-order valence-electron chi connectivity index (χ2n) is 6.71. The van der Waals surface area contributed by atoms with E-state index in [9.17, 15) is 9.59 Å². The van der Waals surface area contributed by atoms with E-state index in [4.69, 9.17) is 20.8 Å². The van der Waals surface area contributed by atoms with Crippen molar-refractivity contribution in [3.63, 3.8) is 0 Å². The maximum atomic E-state index is 13.4. The average molecular weight is 439 g/mol. The van der Waals surface area contributed by atoms with E-state index in [-0.39, 0.29) is 16.8 Å². The molecule has 5 rings (SSSR count). The zero-order valence-corrected chi connectivity index (χ0v) is 17.4. The molecule has 0 fully saturated rings. The standard InChI is InChI=1S/C22H15ClN2O4S/c1-2-28-14-6-3-12(4-7-14)18-17-19(26)15-11-13(23)5-8-16(15)29-20(17)21(27)25(18)22-24-9-10-30-22/h3-11,18H,2H2,1H3. The first-order chi connectivity index (χ1) is 14.6. The van der Waals surface area contributed by atoms with Gasteiger partial charge in [-0.05, 0) is 42.8 Å². The Hall–Kier alpha value is -3.16. The van der Waals surface area contributed by atoms with Gasteiger partial charge in [0.1, 0.15) is 11.3 Å². The molecule has 0 saturated heterocycles. The monoisotopic (exact) mass is 438 g/mol. The van der Waals surface area contributed by atoms with Crippen molar-refractivity contribution in [1.82, 2.24) is 4.98 Å². The van der Waals surface area contributed by atoms with E-state index in [0.29, 0.717) is 33.5 Å². The summed E-state index contributed by atoms with van der Waals surface area (Å²) < 4.78 is 11.4. The number of fused-ring (bicyclic) bond motifs is 2. The molecular formula is C22H15ClN2O4S. The Kier molecular flexibility index (Phi) is 4.56. The van der Waals surface area contributed by atoms with Gasteiger partial charge in [0.2, 0.25) is 5.76 Å². The quantitative estimate of drug-likeness (QED) is 0.445. The molecule has 1 amide bonds. The lowest BCUT2D eigenvalue weighted by atomic mass is 9.98. The number of carbonyl (C=O) groups is 1. The van der Waals surface area contributed by atoms with E-state index in [2.05, 4.69) is 4.98 Å². The number of nitrogens with zero attached hydrogens (tertiary/aromatic N) is 2. The van der Waals surface area contributed by atoms with Crippen LogP contribution < -0.4 is 15.1 Å². The highest BCUT2D eigenvalue weighted by molar-refractivity contribution is 7.13. The van der Waals surface area contributed by atoms with Crippen molar-refractivity contribution in [3.8, 4) is 5.75 Å². The van der Waals surface area contributed by atoms with Crippen molar-refractivity contribution in [3.05, 3.63) is 86.2 Å². The Morgan fingerprint density at radius 2 is 2.00 bits per heavy atom. The van der Waals surface area contributed by atoms with Crippen LogP contribution in [0.5, 0.6) is 5.75 Å². The van der Waals surface area contributed by atoms with Gasteiger partial charge in [0.05, 0.1) is 23.6 Å². The summed E-state index contributed by atoms with van der Waals surface area (Å²) in [6.07, 6.45) is 1.62. The second-order valence-corrected chi connectivity index (χ2v) is 8.02. The fraction of sp³-hybridized carbons (Fsp3) is 0.136. The molecule has 1 unspecified atom stereocenters. The van der Waals surface area contributed by atoms with Crippen molar-refractivity contribution < 1.29 is 13.9 Å². The molecule has 0 N–H and O–H groups in total. The number of rotatable bonds is 4. The summed E-state index contributed by atoms with van der Waals surface area (Å²) in [6.45, 7) is 2.46. The molecule has 2 aromatic heterocycles. The fourth-order valence-electron chi connectivity index (χ4n) is 3.71. The number of ether oxygens (including phenoxy) is 1. The van der Waals surface area contributed by atoms with Gasteiger partial charge in [0.25, 0.3) is 5.91 Å². The number of thiazole rings is 1. The maximum absolute atomic E-state index is 13.4. The normalized spacial score (nSPS) is 15.6. The van der Waals surface area contributed by atoms with Gasteiger partial charge >= 0.3 is 0 Å². The summed E-state index contributed by atoms with van der Waals surface area (Å²) in [6, 6.07) is 11.5. The number of benzene rings is 2. The molecule has 1 aliphatic rings. The Labute approximate surface area is 180 Å². The van der Waals surface area contributed by atoms with Gasteiger partial charge in [-0.25, -0.2) is 4.98 Å². The number of carbonyl (C=O) groups excluding carboxylic acids is 1. The van der Waals surface area contributed by atoms with E-state index < -0.39 is 11.9 Å². The van der Waals surface area contributed by atoms with Gasteiger partial charge < -0.3 is 9.15 Å². The largest absolute Gasteiger partial charge is 0.494 e. The molecule has 2 aromatic carbocycles. The molecule has 0 radical (unpaired) electrons. The Bertz CT molecular complexity index is 1320. The van der Waals surface area contributed by atoms with Crippen LogP contribution in [0.15, 0.2) is 63.3 Å². The van der Waals surface area contributed by atoms with Crippen LogP contribution in [0.4, 0.5) is 5.13 Å². The average Bonchev–Trinajstić information content (AvgIpc) is 3.36. The number of anilines is 1. The third-order valence-electron chi connectivity index (χ3n) is 4.96. The topological polar surface area (TPSA) is 72.6 Å². The summed E-state index contributed by atoms with van der Waals surface area (Å²) in [5, 5.41) is 3.04. The van der Waals surface area contributed by atoms with Gasteiger partial charge in [0, 0.05) is 16.6 Å². The van der Waals surface area contributed by atoms with Gasteiger partial charge in [-0.3, -0.25) is 14.5 Å². The summed E-state index contributed by atoms with van der Waals surface area (Å²) in [4.78, 5) is 32.6. The Morgan fingerprint density at radius 1 is 1.20 bits per heavy atom. The molecule has 8 heteroatoms. The summed E-state index contributed by atoms with van der Waals surface area (Å²) in [7, 11) is 0. The highest BCUT2D eigenvalue weighted by atomic mass is 35.5. The zero-order valence-electron chi connectivity index (χ0n) is 15.8. The molecule has 0 aliphatic carbocycles. The first-order valence-electron chi connectivity index (χ1n) is 9.30. The molecule has 6 nitrogen and oxygen atoms in total. The minimum absolute atomic E-state index is 0.0314. The lowest BCUT2D eigenvalue weighted by molar-refractivity contribution is 0.0971. The van der Waals surface area contributed by atoms with Crippen molar-refractivity contribution in [2.24, 2.45) is 0 Å². The minimum atomic E-state index is -0.658. The van der Waals surface area contributed by atoms with Crippen LogP contribution in [0, 0.1) is 0 Å². The summed E-state index contributed by atoms with van der Waals surface area (Å²) in [5.41, 5.74) is 1.09. The predicted molar refractivity (Wildman–Crippen MR) is 116 cm³/mol. The number of amides is 1. The number of aromatic nitrogens is 1. The van der Waals surface area contributed by atoms with Gasteiger partial charge in [0.15, 0.2) is 10.6 Å². The zero-order chi connectivity index (χ0) is 20.8. The van der Waals surface area contributed by atoms with E-state index in [1.54, 1.807) is 29.8 Å². The summed E-state index contributed by atoms with van der Waals surface area (Å²) >= 11 is 7.42. The molecule has 3 heterocycles. The van der Waals surface area contributed by atoms with Crippen LogP contribution in [0.25, 0.3) is 11.0 Å². The maximum Gasteiger partial charge on any atom is 0.297 e. The van der Waals surface area contributed by atoms with Crippen LogP contribution in [-0.4, -0.2) is 17.5 Å². The van der Waals surface area contributed by atoms with Gasteiger partial charge in [-0.2, -0.15) is 0 Å². The smallest absolute Gasteiger partial charge is 0.297 e. The van der Waals surface area contributed by atoms with Crippen LogP contribution in [-0.2, 0) is 0 Å². The third-order valence-corrected chi connectivity index (χ3v) is 5.97. The number of halogens is 1. The van der Waals surface area contributed by atoms with Crippen molar-refractivity contribution in [2.75, 3.05) is 11.5 Å². The highest BCUT2D eigenvalue weighted by Crippen LogP contribution is 2.42. The van der Waals surface area contributed by atoms with Crippen molar-refractivity contribution in [1.29, 1.82) is 0 Å². The van der Waals surface area contributed by atoms with E-state index in [0.717, 1.165) is 5.56 Å². The van der Waals surface area contributed by atoms with E-state index in [1.165, 1.54) is 16.2 Å². The molecule has 4 aromatic rings. The molecule has 0 bridgehead atoms. The molecule has 1 atom stereocenters. The highest BCUT2D eigenvalue weighted by Gasteiger charge is 2.44. The Morgan fingerprint density at radius 3 is 2.70 bits per heavy atom. The lowest BCUT2D eigenvalue weighted by Gasteiger charge is -2.22. The van der Waals surface area contributed by atoms with Gasteiger partial charge in [-0.15, -0.1) is 11.3 Å². The van der Waals surface area contributed by atoms with Crippen LogP contribution in [0.1, 0.15) is 34.6 Å². The summed E-state index contributed by atoms with van der Waals surface area (Å²) in [5.74, 6) is 0.348. The van der Waals surface area contributed by atoms with Gasteiger partial charge in [-0.1, -0.05) is 23.7 Å². The first-order valence-corrected chi connectivity index (χ1v) is 10.6. The molecular weight excluding hydrogens is 424 g/mol. The van der Waals surface area contributed by atoms with Crippen LogP contribution in [0.2, 0.25) is 5.02 Å². The van der Waals surface area contributed by atoms with E-state index >= 15 is 0 Å².